The zero-order valence-corrected chi connectivity index (χ0v) is 27.5. The highest BCUT2D eigenvalue weighted by molar-refractivity contribution is 9.10. The maximum Gasteiger partial charge on any atom is 0.410 e. The summed E-state index contributed by atoms with van der Waals surface area (Å²) < 4.78 is 51.8. The van der Waals surface area contributed by atoms with E-state index in [-0.39, 0.29) is 56.9 Å². The number of carbonyl (C=O) groups excluding carboxylic acids is 4. The van der Waals surface area contributed by atoms with E-state index in [1.807, 2.05) is 0 Å². The van der Waals surface area contributed by atoms with E-state index >= 15 is 0 Å². The molecule has 0 bridgehead atoms. The molecule has 1 aromatic carbocycles. The Bertz CT molecular complexity index is 1370. The van der Waals surface area contributed by atoms with E-state index < -0.39 is 57.5 Å². The van der Waals surface area contributed by atoms with Crippen LogP contribution >= 0.6 is 15.9 Å². The lowest BCUT2D eigenvalue weighted by molar-refractivity contribution is -0.155. The van der Waals surface area contributed by atoms with Gasteiger partial charge in [0.2, 0.25) is 5.91 Å². The number of carbonyl (C=O) groups is 4. The van der Waals surface area contributed by atoms with Crippen molar-refractivity contribution in [3.8, 4) is 5.75 Å². The van der Waals surface area contributed by atoms with E-state index in [1.165, 1.54) is 15.9 Å². The molecule has 1 saturated heterocycles. The second kappa shape index (κ2) is 13.0. The number of nitrogens with zero attached hydrogens (tertiary/aromatic N) is 3. The fourth-order valence-electron chi connectivity index (χ4n) is 4.75. The zero-order valence-electron chi connectivity index (χ0n) is 25.1. The topological polar surface area (TPSA) is 186 Å². The van der Waals surface area contributed by atoms with Gasteiger partial charge in [-0.2, -0.15) is 12.7 Å². The first-order valence-electron chi connectivity index (χ1n) is 13.7. The first kappa shape index (κ1) is 34.5. The summed E-state index contributed by atoms with van der Waals surface area (Å²) >= 11 is 3.41. The number of halogens is 1. The van der Waals surface area contributed by atoms with Crippen LogP contribution in [0.1, 0.15) is 70.3 Å². The normalized spacial score (nSPS) is 18.7. The fraction of sp³-hybridized carbons (Fsp3) is 0.630. The van der Waals surface area contributed by atoms with Crippen LogP contribution in [0, 0.1) is 0 Å². The van der Waals surface area contributed by atoms with Crippen LogP contribution in [0.2, 0.25) is 0 Å². The smallest absolute Gasteiger partial charge is 0.410 e. The molecule has 0 unspecified atom stereocenters. The summed E-state index contributed by atoms with van der Waals surface area (Å²) in [6, 6.07) is 1.08. The number of hydrogen-bond acceptors (Lipinski definition) is 9. The van der Waals surface area contributed by atoms with E-state index in [9.17, 15) is 32.1 Å². The molecule has 0 spiro atoms. The molecular weight excluding hydrogens is 652 g/mol. The largest absolute Gasteiger partial charge is 0.491 e. The first-order valence-corrected chi connectivity index (χ1v) is 15.8. The van der Waals surface area contributed by atoms with Gasteiger partial charge in [0.05, 0.1) is 10.5 Å². The Morgan fingerprint density at radius 3 is 2.28 bits per heavy atom. The van der Waals surface area contributed by atoms with Crippen molar-refractivity contribution in [1.82, 2.24) is 14.1 Å². The average Bonchev–Trinajstić information content (AvgIpc) is 3.14. The number of benzene rings is 1. The molecule has 2 aliphatic heterocycles. The number of primary amides is 1. The molecule has 2 atom stereocenters. The number of rotatable bonds is 9. The van der Waals surface area contributed by atoms with Gasteiger partial charge in [0.1, 0.15) is 29.6 Å². The molecule has 0 aliphatic carbocycles. The van der Waals surface area contributed by atoms with Crippen molar-refractivity contribution in [2.24, 2.45) is 5.73 Å². The molecule has 1 fully saturated rings. The number of ether oxygens (including phenoxy) is 3. The highest BCUT2D eigenvalue weighted by Crippen LogP contribution is 2.35. The highest BCUT2D eigenvalue weighted by Gasteiger charge is 2.39. The van der Waals surface area contributed by atoms with Crippen molar-refractivity contribution >= 4 is 50.1 Å². The van der Waals surface area contributed by atoms with Gasteiger partial charge in [-0.25, -0.2) is 4.79 Å². The van der Waals surface area contributed by atoms with Crippen molar-refractivity contribution in [2.75, 3.05) is 26.2 Å². The second-order valence-electron chi connectivity index (χ2n) is 12.4. The highest BCUT2D eigenvalue weighted by atomic mass is 79.9. The van der Waals surface area contributed by atoms with Crippen molar-refractivity contribution in [2.45, 2.75) is 84.2 Å². The number of esters is 1. The summed E-state index contributed by atoms with van der Waals surface area (Å²) in [6.07, 6.45) is -0.766. The SMILES string of the molecule is CC(C)(C)OC(=O)CC[C@@H](C(N)=O)N1Cc2cc(Br)c(OC[C@H]3CN(C(=O)OC(C)(C)C)CCN3S(=O)(=O)O)cc2C1=O. The summed E-state index contributed by atoms with van der Waals surface area (Å²) in [7, 11) is -4.61. The van der Waals surface area contributed by atoms with Gasteiger partial charge in [-0.15, -0.1) is 0 Å². The van der Waals surface area contributed by atoms with Crippen LogP contribution in [-0.2, 0) is 35.9 Å². The summed E-state index contributed by atoms with van der Waals surface area (Å²) in [4.78, 5) is 53.1. The number of hydrogen-bond donors (Lipinski definition) is 2. The van der Waals surface area contributed by atoms with Gasteiger partial charge in [-0.05, 0) is 81.6 Å². The molecule has 0 radical (unpaired) electrons. The van der Waals surface area contributed by atoms with E-state index in [0.717, 1.165) is 4.31 Å². The van der Waals surface area contributed by atoms with E-state index in [2.05, 4.69) is 15.9 Å². The van der Waals surface area contributed by atoms with Gasteiger partial charge in [-0.1, -0.05) is 0 Å². The summed E-state index contributed by atoms with van der Waals surface area (Å²) in [5.41, 5.74) is 4.96. The molecule has 3 N–H and O–H groups in total. The van der Waals surface area contributed by atoms with Gasteiger partial charge in [0.15, 0.2) is 0 Å². The van der Waals surface area contributed by atoms with Crippen molar-refractivity contribution < 1.29 is 46.4 Å². The molecule has 0 saturated carbocycles. The van der Waals surface area contributed by atoms with Crippen molar-refractivity contribution in [3.05, 3.63) is 27.7 Å². The van der Waals surface area contributed by atoms with Crippen LogP contribution in [0.3, 0.4) is 0 Å². The average molecular weight is 692 g/mol. The van der Waals surface area contributed by atoms with Crippen LogP contribution < -0.4 is 10.5 Å². The Morgan fingerprint density at radius 2 is 1.72 bits per heavy atom. The van der Waals surface area contributed by atoms with Crippen LogP contribution in [0.4, 0.5) is 4.79 Å². The third-order valence-corrected chi connectivity index (χ3v) is 8.24. The molecule has 14 nitrogen and oxygen atoms in total. The Kier molecular flexibility index (Phi) is 10.4. The predicted molar refractivity (Wildman–Crippen MR) is 157 cm³/mol. The third-order valence-electron chi connectivity index (χ3n) is 6.54. The van der Waals surface area contributed by atoms with Crippen LogP contribution in [0.5, 0.6) is 5.75 Å². The number of fused-ring (bicyclic) bond motifs is 1. The van der Waals surface area contributed by atoms with E-state index in [4.69, 9.17) is 19.9 Å². The monoisotopic (exact) mass is 690 g/mol. The number of nitrogens with two attached hydrogens (primary N) is 1. The fourth-order valence-corrected chi connectivity index (χ4v) is 6.07. The Balaban J connectivity index is 1.75. The molecule has 240 valence electrons. The lowest BCUT2D eigenvalue weighted by atomic mass is 10.1. The van der Waals surface area contributed by atoms with Crippen LogP contribution in [0.25, 0.3) is 0 Å². The minimum Gasteiger partial charge on any atom is -0.491 e. The summed E-state index contributed by atoms with van der Waals surface area (Å²) in [5.74, 6) is -1.58. The Morgan fingerprint density at radius 1 is 1.09 bits per heavy atom. The maximum atomic E-state index is 13.4. The van der Waals surface area contributed by atoms with Gasteiger partial charge in [-0.3, -0.25) is 18.9 Å². The predicted octanol–water partition coefficient (Wildman–Crippen LogP) is 2.48. The second-order valence-corrected chi connectivity index (χ2v) is 14.6. The summed E-state index contributed by atoms with van der Waals surface area (Å²) in [6.45, 7) is 9.81. The quantitative estimate of drug-likeness (QED) is 0.288. The molecule has 0 aromatic heterocycles. The molecule has 16 heteroatoms. The molecule has 2 aliphatic rings. The van der Waals surface area contributed by atoms with E-state index in [0.29, 0.717) is 10.0 Å². The number of piperazine rings is 1. The van der Waals surface area contributed by atoms with Gasteiger partial charge < -0.3 is 29.7 Å². The molecule has 3 amide bonds. The molecule has 2 heterocycles. The van der Waals surface area contributed by atoms with Gasteiger partial charge in [0, 0.05) is 38.2 Å². The lowest BCUT2D eigenvalue weighted by Crippen LogP contribution is -2.58. The molecule has 1 aromatic rings. The minimum absolute atomic E-state index is 0.00698. The molecular formula is C27H39BrN4O10S. The first-order chi connectivity index (χ1) is 19.7. The molecule has 43 heavy (non-hydrogen) atoms. The Hall–Kier alpha value is -2.95. The van der Waals surface area contributed by atoms with Gasteiger partial charge >= 0.3 is 22.4 Å². The van der Waals surface area contributed by atoms with Crippen LogP contribution in [0.15, 0.2) is 16.6 Å². The zero-order chi connectivity index (χ0) is 32.5. The van der Waals surface area contributed by atoms with Crippen molar-refractivity contribution in [3.63, 3.8) is 0 Å². The molecule has 3 rings (SSSR count). The number of amides is 3. The van der Waals surface area contributed by atoms with Crippen LogP contribution in [-0.4, -0.2) is 100 Å². The third kappa shape index (κ3) is 9.27. The maximum absolute atomic E-state index is 13.4. The van der Waals surface area contributed by atoms with E-state index in [1.54, 1.807) is 47.6 Å². The van der Waals surface area contributed by atoms with Crippen molar-refractivity contribution in [1.29, 1.82) is 0 Å². The standard InChI is InChI=1S/C27H39BrN4O10S/c1-26(2,3)41-22(33)8-7-20(23(29)34)31-13-16-11-19(28)21(12-18(16)24(31)35)40-15-17-14-30(25(36)42-27(4,5)6)9-10-32(17)43(37,38)39/h11-12,17,20H,7-10,13-15H2,1-6H3,(H2,29,34)(H,37,38,39)/t17-,20+/m1/s1. The minimum atomic E-state index is -4.61. The van der Waals surface area contributed by atoms with Gasteiger partial charge in [0.25, 0.3) is 5.91 Å². The Labute approximate surface area is 259 Å². The summed E-state index contributed by atoms with van der Waals surface area (Å²) in [5, 5.41) is 0. The lowest BCUT2D eigenvalue weighted by Gasteiger charge is -2.39.